The number of aromatic nitrogens is 2. The second-order valence-corrected chi connectivity index (χ2v) is 5.44. The first kappa shape index (κ1) is 16.8. The van der Waals surface area contributed by atoms with Crippen molar-refractivity contribution in [3.05, 3.63) is 46.1 Å². The number of rotatable bonds is 6. The van der Waals surface area contributed by atoms with E-state index in [0.29, 0.717) is 22.4 Å². The molecule has 1 unspecified atom stereocenters. The summed E-state index contributed by atoms with van der Waals surface area (Å²) in [5.41, 5.74) is 6.41. The number of methoxy groups -OCH3 is 1. The quantitative estimate of drug-likeness (QED) is 0.842. The Bertz CT molecular complexity index is 640. The fourth-order valence-electron chi connectivity index (χ4n) is 1.87. The molecule has 0 bridgehead atoms. The Labute approximate surface area is 138 Å². The van der Waals surface area contributed by atoms with Gasteiger partial charge < -0.3 is 15.8 Å². The fraction of sp³-hybridized carbons (Fsp3) is 0.286. The van der Waals surface area contributed by atoms with Crippen LogP contribution in [-0.4, -0.2) is 35.4 Å². The largest absolute Gasteiger partial charge is 0.383 e. The number of amides is 1. The molecule has 0 aliphatic carbocycles. The second-order valence-electron chi connectivity index (χ2n) is 4.63. The van der Waals surface area contributed by atoms with Crippen molar-refractivity contribution < 1.29 is 9.53 Å². The van der Waals surface area contributed by atoms with Gasteiger partial charge in [0.15, 0.2) is 0 Å². The standard InChI is InChI=1S/C14H16Cl2N4O2/c1-22-8-12(17)14(21)19-13-5-6-18-20(13)7-9-10(15)3-2-4-11(9)16/h2-6,12H,7-8,17H2,1H3,(H,19,21). The van der Waals surface area contributed by atoms with Crippen molar-refractivity contribution in [1.29, 1.82) is 0 Å². The summed E-state index contributed by atoms with van der Waals surface area (Å²) in [5, 5.41) is 7.95. The second kappa shape index (κ2) is 7.60. The van der Waals surface area contributed by atoms with Gasteiger partial charge in [-0.3, -0.25) is 4.79 Å². The van der Waals surface area contributed by atoms with Gasteiger partial charge in [-0.2, -0.15) is 5.10 Å². The van der Waals surface area contributed by atoms with Crippen LogP contribution >= 0.6 is 23.2 Å². The van der Waals surface area contributed by atoms with Crippen LogP contribution in [0.15, 0.2) is 30.5 Å². The summed E-state index contributed by atoms with van der Waals surface area (Å²) < 4.78 is 6.45. The summed E-state index contributed by atoms with van der Waals surface area (Å²) in [4.78, 5) is 11.9. The number of nitrogens with one attached hydrogen (secondary N) is 1. The molecular weight excluding hydrogens is 327 g/mol. The van der Waals surface area contributed by atoms with Crippen LogP contribution in [0.2, 0.25) is 10.0 Å². The lowest BCUT2D eigenvalue weighted by Crippen LogP contribution is -2.39. The van der Waals surface area contributed by atoms with Crippen LogP contribution in [0.25, 0.3) is 0 Å². The van der Waals surface area contributed by atoms with E-state index < -0.39 is 6.04 Å². The molecule has 3 N–H and O–H groups in total. The molecule has 0 spiro atoms. The van der Waals surface area contributed by atoms with Gasteiger partial charge in [-0.05, 0) is 12.1 Å². The number of nitrogens with two attached hydrogens (primary N) is 1. The number of halogens is 2. The minimum absolute atomic E-state index is 0.135. The third-order valence-corrected chi connectivity index (χ3v) is 3.73. The zero-order valence-corrected chi connectivity index (χ0v) is 13.4. The van der Waals surface area contributed by atoms with Gasteiger partial charge in [-0.15, -0.1) is 0 Å². The topological polar surface area (TPSA) is 82.2 Å². The van der Waals surface area contributed by atoms with Crippen molar-refractivity contribution in [2.45, 2.75) is 12.6 Å². The Kier molecular flexibility index (Phi) is 5.79. The SMILES string of the molecule is COCC(N)C(=O)Nc1ccnn1Cc1c(Cl)cccc1Cl. The highest BCUT2D eigenvalue weighted by molar-refractivity contribution is 6.35. The average molecular weight is 343 g/mol. The van der Waals surface area contributed by atoms with Crippen molar-refractivity contribution in [3.8, 4) is 0 Å². The third kappa shape index (κ3) is 3.98. The lowest BCUT2D eigenvalue weighted by molar-refractivity contribution is -0.118. The predicted molar refractivity (Wildman–Crippen MR) is 86.3 cm³/mol. The smallest absolute Gasteiger partial charge is 0.244 e. The zero-order valence-electron chi connectivity index (χ0n) is 11.9. The lowest BCUT2D eigenvalue weighted by atomic mass is 10.2. The van der Waals surface area contributed by atoms with E-state index >= 15 is 0 Å². The number of carbonyl (C=O) groups is 1. The van der Waals surface area contributed by atoms with Gasteiger partial charge >= 0.3 is 0 Å². The number of carbonyl (C=O) groups excluding carboxylic acids is 1. The van der Waals surface area contributed by atoms with Crippen LogP contribution < -0.4 is 11.1 Å². The average Bonchev–Trinajstić information content (AvgIpc) is 2.90. The van der Waals surface area contributed by atoms with E-state index in [1.165, 1.54) is 7.11 Å². The molecule has 1 amide bonds. The molecule has 2 rings (SSSR count). The van der Waals surface area contributed by atoms with Crippen molar-refractivity contribution in [2.24, 2.45) is 5.73 Å². The van der Waals surface area contributed by atoms with E-state index in [1.54, 1.807) is 35.1 Å². The van der Waals surface area contributed by atoms with Gasteiger partial charge in [0.1, 0.15) is 11.9 Å². The first-order valence-electron chi connectivity index (χ1n) is 6.53. The number of anilines is 1. The van der Waals surface area contributed by atoms with E-state index in [0.717, 1.165) is 5.56 Å². The van der Waals surface area contributed by atoms with E-state index in [9.17, 15) is 4.79 Å². The first-order valence-corrected chi connectivity index (χ1v) is 7.28. The summed E-state index contributed by atoms with van der Waals surface area (Å²) in [6.07, 6.45) is 1.57. The molecule has 0 radical (unpaired) electrons. The molecule has 8 heteroatoms. The molecule has 0 aliphatic heterocycles. The number of ether oxygens (including phenoxy) is 1. The van der Waals surface area contributed by atoms with Gasteiger partial charge in [0, 0.05) is 28.8 Å². The van der Waals surface area contributed by atoms with Gasteiger partial charge in [-0.25, -0.2) is 4.68 Å². The van der Waals surface area contributed by atoms with Crippen molar-refractivity contribution >= 4 is 34.9 Å². The van der Waals surface area contributed by atoms with Gasteiger partial charge in [0.2, 0.25) is 5.91 Å². The third-order valence-electron chi connectivity index (χ3n) is 3.02. The monoisotopic (exact) mass is 342 g/mol. The predicted octanol–water partition coefficient (Wildman–Crippen LogP) is 2.15. The molecule has 0 saturated carbocycles. The van der Waals surface area contributed by atoms with Crippen LogP contribution in [-0.2, 0) is 16.1 Å². The maximum Gasteiger partial charge on any atom is 0.244 e. The molecule has 22 heavy (non-hydrogen) atoms. The minimum atomic E-state index is -0.753. The van der Waals surface area contributed by atoms with Crippen molar-refractivity contribution in [3.63, 3.8) is 0 Å². The van der Waals surface area contributed by atoms with Crippen molar-refractivity contribution in [1.82, 2.24) is 9.78 Å². The molecule has 0 aliphatic rings. The number of hydrogen-bond acceptors (Lipinski definition) is 4. The maximum absolute atomic E-state index is 11.9. The Hall–Kier alpha value is -1.60. The number of nitrogens with zero attached hydrogens (tertiary/aromatic N) is 2. The van der Waals surface area contributed by atoms with E-state index in [2.05, 4.69) is 10.4 Å². The number of hydrogen-bond donors (Lipinski definition) is 2. The Morgan fingerprint density at radius 3 is 2.73 bits per heavy atom. The number of benzene rings is 1. The van der Waals surface area contributed by atoms with E-state index in [-0.39, 0.29) is 12.5 Å². The van der Waals surface area contributed by atoms with Gasteiger partial charge in [0.05, 0.1) is 19.3 Å². The Balaban J connectivity index is 2.15. The molecule has 1 aromatic heterocycles. The Morgan fingerprint density at radius 1 is 1.41 bits per heavy atom. The molecule has 6 nitrogen and oxygen atoms in total. The van der Waals surface area contributed by atoms with E-state index in [4.69, 9.17) is 33.7 Å². The molecule has 0 fully saturated rings. The molecule has 1 aromatic carbocycles. The molecule has 1 heterocycles. The van der Waals surface area contributed by atoms with Crippen LogP contribution in [0.1, 0.15) is 5.56 Å². The maximum atomic E-state index is 11.9. The first-order chi connectivity index (χ1) is 10.5. The highest BCUT2D eigenvalue weighted by atomic mass is 35.5. The Morgan fingerprint density at radius 2 is 2.09 bits per heavy atom. The minimum Gasteiger partial charge on any atom is -0.383 e. The van der Waals surface area contributed by atoms with E-state index in [1.807, 2.05) is 0 Å². The van der Waals surface area contributed by atoms with Crippen LogP contribution in [0.4, 0.5) is 5.82 Å². The highest BCUT2D eigenvalue weighted by Crippen LogP contribution is 2.25. The van der Waals surface area contributed by atoms with Gasteiger partial charge in [0.25, 0.3) is 0 Å². The van der Waals surface area contributed by atoms with Crippen LogP contribution in [0.5, 0.6) is 0 Å². The molecular formula is C14H16Cl2N4O2. The highest BCUT2D eigenvalue weighted by Gasteiger charge is 2.16. The van der Waals surface area contributed by atoms with Crippen LogP contribution in [0, 0.1) is 0 Å². The van der Waals surface area contributed by atoms with Gasteiger partial charge in [-0.1, -0.05) is 29.3 Å². The summed E-state index contributed by atoms with van der Waals surface area (Å²) in [6.45, 7) is 0.469. The normalized spacial score (nSPS) is 12.2. The summed E-state index contributed by atoms with van der Waals surface area (Å²) in [6, 6.07) is 6.18. The molecule has 118 valence electrons. The molecule has 1 atom stereocenters. The summed E-state index contributed by atoms with van der Waals surface area (Å²) in [7, 11) is 1.48. The fourth-order valence-corrected chi connectivity index (χ4v) is 2.39. The molecule has 0 saturated heterocycles. The van der Waals surface area contributed by atoms with Crippen LogP contribution in [0.3, 0.4) is 0 Å². The van der Waals surface area contributed by atoms with Crippen molar-refractivity contribution in [2.75, 3.05) is 19.0 Å². The summed E-state index contributed by atoms with van der Waals surface area (Å²) >= 11 is 12.3. The lowest BCUT2D eigenvalue weighted by Gasteiger charge is -2.13. The molecule has 2 aromatic rings. The summed E-state index contributed by atoms with van der Waals surface area (Å²) in [5.74, 6) is 0.154. The zero-order chi connectivity index (χ0) is 16.1.